The van der Waals surface area contributed by atoms with Gasteiger partial charge in [-0.15, -0.1) is 0 Å². The SMILES string of the molecule is C[C@H]1CC[C@]2(NC1)O[C@@H]1C[C@@H]3[C@@H]4CC[C@@H]5C[C@@H](O[C@H]6O[C@H](CO)[C@H](O[C@H]7O[C@H](CO)[C@@H](O)[C@@H](O[C@H]8OC[C@@H](O)[C@H](O)[C@H]8O)[C@@H]7O[C@@H]7O[C@H](CO)[C@@H](O)[C@H](O)[C@H]7O)[C@H](O)[C@H]6O)CC[C@]5(C)[C@H]4CC[C@]3(C)[C@H]1[C@@H]2C. The largest absolute Gasteiger partial charge is 0.394 e. The molecule has 22 nitrogen and oxygen atoms in total. The maximum atomic E-state index is 11.8. The Morgan fingerprint density at radius 2 is 1.17 bits per heavy atom. The van der Waals surface area contributed by atoms with Gasteiger partial charge in [0.1, 0.15) is 97.3 Å². The van der Waals surface area contributed by atoms with Crippen molar-refractivity contribution in [1.29, 1.82) is 0 Å². The number of hydrogen-bond acceptors (Lipinski definition) is 22. The summed E-state index contributed by atoms with van der Waals surface area (Å²) in [5.41, 5.74) is 0.147. The first kappa shape index (κ1) is 54.5. The molecule has 0 bridgehead atoms. The van der Waals surface area contributed by atoms with E-state index >= 15 is 0 Å². The number of piperidine rings is 1. The number of ether oxygens (including phenoxy) is 9. The fourth-order valence-electron chi connectivity index (χ4n) is 16.1. The van der Waals surface area contributed by atoms with Crippen molar-refractivity contribution >= 4 is 0 Å². The maximum Gasteiger partial charge on any atom is 0.187 e. The molecule has 31 atom stereocenters. The smallest absolute Gasteiger partial charge is 0.187 e. The van der Waals surface area contributed by atoms with Gasteiger partial charge in [0.25, 0.3) is 0 Å². The van der Waals surface area contributed by atoms with Gasteiger partial charge in [-0.05, 0) is 111 Å². The molecule has 0 radical (unpaired) electrons. The van der Waals surface area contributed by atoms with Crippen molar-refractivity contribution in [2.24, 2.45) is 52.3 Å². The Kier molecular flexibility index (Phi) is 15.9. The highest BCUT2D eigenvalue weighted by molar-refractivity contribution is 5.16. The molecule has 6 aliphatic heterocycles. The standard InChI is InChI=1S/C50H83NO21/c1-20-7-12-50(51-15-20)21(2)32-28(72-50)14-26-24-6-5-22-13-23(8-10-48(22,3)25(24)9-11-49(26,32)4)65-45-40(63)37(60)41(31(18-54)68-45)69-47-43(71-46-39(62)36(59)34(57)29(16-52)66-46)42(35(58)30(17-53)67-47)70-44-38(61)33(56)27(55)19-64-44/h20-47,51-63H,5-19H2,1-4H3/t20-,21-,22+,23-,24+,25-,26+,27+,28+,29+,30+,31+,32-,33-,34+,35+,36-,37+,38+,39+,40+,41-,42+,43-,44+,45-,46-,47+,48-,49-,50-/m0/s1. The van der Waals surface area contributed by atoms with Crippen LogP contribution in [0.5, 0.6) is 0 Å². The number of fused-ring (bicyclic) bond motifs is 7. The van der Waals surface area contributed by atoms with Crippen LogP contribution in [0.15, 0.2) is 0 Å². The van der Waals surface area contributed by atoms with Crippen LogP contribution in [-0.4, -0.2) is 229 Å². The van der Waals surface area contributed by atoms with E-state index in [1.165, 1.54) is 19.3 Å². The van der Waals surface area contributed by atoms with Gasteiger partial charge in [0.15, 0.2) is 25.2 Å². The molecule has 4 saturated carbocycles. The molecule has 6 heterocycles. The second kappa shape index (κ2) is 21.1. The molecule has 72 heavy (non-hydrogen) atoms. The van der Waals surface area contributed by atoms with E-state index in [1.54, 1.807) is 0 Å². The Balaban J connectivity index is 0.812. The van der Waals surface area contributed by atoms with Gasteiger partial charge in [-0.2, -0.15) is 0 Å². The highest BCUT2D eigenvalue weighted by Gasteiger charge is 2.69. The summed E-state index contributed by atoms with van der Waals surface area (Å²) in [6, 6.07) is 0. The van der Waals surface area contributed by atoms with Crippen LogP contribution in [0.2, 0.25) is 0 Å². The van der Waals surface area contributed by atoms with Crippen LogP contribution in [0.4, 0.5) is 0 Å². The molecule has 22 heteroatoms. The van der Waals surface area contributed by atoms with Crippen molar-refractivity contribution in [2.45, 2.75) is 227 Å². The molecule has 0 aromatic heterocycles. The Morgan fingerprint density at radius 3 is 1.88 bits per heavy atom. The van der Waals surface area contributed by atoms with E-state index in [4.69, 9.17) is 42.6 Å². The molecule has 0 aromatic rings. The maximum absolute atomic E-state index is 11.8. The summed E-state index contributed by atoms with van der Waals surface area (Å²) in [5, 5.41) is 133. The van der Waals surface area contributed by atoms with Crippen molar-refractivity contribution in [1.82, 2.24) is 5.32 Å². The molecule has 6 saturated heterocycles. The van der Waals surface area contributed by atoms with Crippen molar-refractivity contribution in [3.8, 4) is 0 Å². The monoisotopic (exact) mass is 1030 g/mol. The Hall–Kier alpha value is -0.880. The van der Waals surface area contributed by atoms with E-state index in [-0.39, 0.29) is 28.8 Å². The molecule has 10 fully saturated rings. The minimum Gasteiger partial charge on any atom is -0.394 e. The van der Waals surface area contributed by atoms with E-state index in [1.807, 2.05) is 0 Å². The van der Waals surface area contributed by atoms with Crippen molar-refractivity contribution in [2.75, 3.05) is 33.0 Å². The summed E-state index contributed by atoms with van der Waals surface area (Å²) in [6.07, 6.45) is -22.4. The van der Waals surface area contributed by atoms with Gasteiger partial charge >= 0.3 is 0 Å². The van der Waals surface area contributed by atoms with Crippen molar-refractivity contribution < 1.29 is 104 Å². The lowest BCUT2D eigenvalue weighted by atomic mass is 9.44. The number of rotatable bonds is 11. The normalized spacial score (nSPS) is 57.8. The lowest BCUT2D eigenvalue weighted by Gasteiger charge is -2.61. The van der Waals surface area contributed by atoms with Gasteiger partial charge in [0, 0.05) is 12.5 Å². The summed E-state index contributed by atoms with van der Waals surface area (Å²) in [6.45, 7) is 7.84. The third-order valence-electron chi connectivity index (χ3n) is 20.2. The second-order valence-electron chi connectivity index (χ2n) is 24.0. The molecule has 10 rings (SSSR count). The van der Waals surface area contributed by atoms with Gasteiger partial charge in [0.2, 0.25) is 0 Å². The molecule has 13 N–H and O–H groups in total. The highest BCUT2D eigenvalue weighted by Crippen LogP contribution is 2.71. The van der Waals surface area contributed by atoms with E-state index < -0.39 is 143 Å². The average molecular weight is 1030 g/mol. The Morgan fingerprint density at radius 1 is 0.542 bits per heavy atom. The summed E-state index contributed by atoms with van der Waals surface area (Å²) >= 11 is 0. The fourth-order valence-corrected chi connectivity index (χ4v) is 16.1. The molecule has 4 aliphatic carbocycles. The van der Waals surface area contributed by atoms with Crippen molar-refractivity contribution in [3.63, 3.8) is 0 Å². The lowest BCUT2D eigenvalue weighted by molar-refractivity contribution is -0.404. The van der Waals surface area contributed by atoms with Crippen LogP contribution >= 0.6 is 0 Å². The predicted molar refractivity (Wildman–Crippen MR) is 244 cm³/mol. The van der Waals surface area contributed by atoms with Crippen LogP contribution in [0.1, 0.15) is 91.9 Å². The predicted octanol–water partition coefficient (Wildman–Crippen LogP) is -2.70. The molecule has 10 aliphatic rings. The zero-order chi connectivity index (χ0) is 51.3. The first-order valence-corrected chi connectivity index (χ1v) is 26.8. The van der Waals surface area contributed by atoms with E-state index in [2.05, 4.69) is 33.0 Å². The molecule has 1 spiro atoms. The Labute approximate surface area is 420 Å². The zero-order valence-corrected chi connectivity index (χ0v) is 41.8. The molecule has 0 aromatic carbocycles. The van der Waals surface area contributed by atoms with Gasteiger partial charge in [-0.3, -0.25) is 5.32 Å². The average Bonchev–Trinajstić information content (AvgIpc) is 3.82. The molecule has 414 valence electrons. The topological polar surface area (TPSA) is 338 Å². The van der Waals surface area contributed by atoms with E-state index in [0.717, 1.165) is 45.1 Å². The van der Waals surface area contributed by atoms with Crippen molar-refractivity contribution in [3.05, 3.63) is 0 Å². The van der Waals surface area contributed by atoms with E-state index in [0.29, 0.717) is 47.8 Å². The first-order valence-electron chi connectivity index (χ1n) is 26.8. The van der Waals surface area contributed by atoms with Gasteiger partial charge < -0.3 is 104 Å². The zero-order valence-electron chi connectivity index (χ0n) is 41.8. The quantitative estimate of drug-likeness (QED) is 0.0937. The summed E-state index contributed by atoms with van der Waals surface area (Å²) in [7, 11) is 0. The van der Waals surface area contributed by atoms with Crippen LogP contribution in [0, 0.1) is 52.3 Å². The Bertz CT molecular complexity index is 1830. The third kappa shape index (κ3) is 9.26. The minimum absolute atomic E-state index is 0.104. The summed E-state index contributed by atoms with van der Waals surface area (Å²) in [5.74, 6) is 3.87. The van der Waals surface area contributed by atoms with Gasteiger partial charge in [-0.25, -0.2) is 0 Å². The van der Waals surface area contributed by atoms with Crippen LogP contribution in [0.3, 0.4) is 0 Å². The first-order chi connectivity index (χ1) is 34.3. The van der Waals surface area contributed by atoms with Crippen LogP contribution in [-0.2, 0) is 42.6 Å². The second-order valence-corrected chi connectivity index (χ2v) is 24.0. The van der Waals surface area contributed by atoms with Gasteiger partial charge in [0.05, 0.1) is 38.6 Å². The highest BCUT2D eigenvalue weighted by atomic mass is 16.8. The number of aliphatic hydroxyl groups excluding tert-OH is 12. The summed E-state index contributed by atoms with van der Waals surface area (Å²) in [4.78, 5) is 0. The number of aliphatic hydroxyl groups is 12. The van der Waals surface area contributed by atoms with Crippen LogP contribution < -0.4 is 5.32 Å². The summed E-state index contributed by atoms with van der Waals surface area (Å²) < 4.78 is 55.0. The third-order valence-corrected chi connectivity index (χ3v) is 20.2. The van der Waals surface area contributed by atoms with Crippen LogP contribution in [0.25, 0.3) is 0 Å². The van der Waals surface area contributed by atoms with E-state index in [9.17, 15) is 61.3 Å². The minimum atomic E-state index is -1.99. The number of hydrogen-bond donors (Lipinski definition) is 13. The molecule has 0 amide bonds. The molecular weight excluding hydrogens is 951 g/mol. The lowest BCUT2D eigenvalue weighted by Crippen LogP contribution is -2.68. The molecule has 0 unspecified atom stereocenters. The molecular formula is C50H83NO21. The number of nitrogens with one attached hydrogen (secondary N) is 1. The van der Waals surface area contributed by atoms with Gasteiger partial charge in [-0.1, -0.05) is 27.7 Å². The fraction of sp³-hybridized carbons (Fsp3) is 1.00.